The van der Waals surface area contributed by atoms with Crippen LogP contribution in [-0.4, -0.2) is 35.7 Å². The molecule has 0 radical (unpaired) electrons. The van der Waals surface area contributed by atoms with Gasteiger partial charge in [-0.15, -0.1) is 6.58 Å². The van der Waals surface area contributed by atoms with E-state index in [9.17, 15) is 0 Å². The molecule has 3 heterocycles. The molecule has 3 aliphatic heterocycles. The fraction of sp³-hybridized carbons (Fsp3) is 0.444. The van der Waals surface area contributed by atoms with Gasteiger partial charge in [-0.3, -0.25) is 4.90 Å². The predicted molar refractivity (Wildman–Crippen MR) is 97.2 cm³/mol. The summed E-state index contributed by atoms with van der Waals surface area (Å²) < 4.78 is 0. The van der Waals surface area contributed by atoms with Crippen LogP contribution in [0.4, 0.5) is 5.69 Å². The number of nitrogens with zero attached hydrogens (tertiary/aromatic N) is 2. The number of piperidine rings is 3. The van der Waals surface area contributed by atoms with E-state index in [0.29, 0.717) is 22.6 Å². The molecule has 2 N–H and O–H groups in total. The van der Waals surface area contributed by atoms with Gasteiger partial charge in [0.1, 0.15) is 0 Å². The molecule has 0 saturated carbocycles. The van der Waals surface area contributed by atoms with Crippen LogP contribution >= 0.6 is 12.2 Å². The van der Waals surface area contributed by atoms with Gasteiger partial charge in [0.05, 0.1) is 11.6 Å². The van der Waals surface area contributed by atoms with Crippen molar-refractivity contribution in [2.24, 2.45) is 11.8 Å². The fourth-order valence-corrected chi connectivity index (χ4v) is 3.87. The summed E-state index contributed by atoms with van der Waals surface area (Å²) in [7, 11) is 0. The molecule has 3 aliphatic rings. The summed E-state index contributed by atoms with van der Waals surface area (Å²) in [6.07, 6.45) is 4.64. The highest BCUT2D eigenvalue weighted by molar-refractivity contribution is 7.80. The Labute approximate surface area is 143 Å². The summed E-state index contributed by atoms with van der Waals surface area (Å²) in [4.78, 5) is 2.56. The smallest absolute Gasteiger partial charge is 0.170 e. The second-order valence-electron chi connectivity index (χ2n) is 6.36. The molecular weight excluding hydrogens is 304 g/mol. The standard InChI is InChI=1S/C18H22N4S/c1-2-14-12-22-8-7-15(14)9-17(22)11-20-18(23)21-16-5-3-13(10-19)4-6-16/h2-6,14-15,17H,1,7-9,11-12H2,(H2,20,21,23)/t14-,15-,17+/m0/s1. The van der Waals surface area contributed by atoms with Crippen molar-refractivity contribution in [3.05, 3.63) is 42.5 Å². The number of anilines is 1. The lowest BCUT2D eigenvalue weighted by atomic mass is 9.76. The second kappa shape index (κ2) is 7.12. The van der Waals surface area contributed by atoms with Crippen molar-refractivity contribution in [3.63, 3.8) is 0 Å². The molecule has 4 rings (SSSR count). The Bertz CT molecular complexity index is 619. The lowest BCUT2D eigenvalue weighted by Crippen LogP contribution is -2.56. The fourth-order valence-electron chi connectivity index (χ4n) is 3.67. The molecule has 2 bridgehead atoms. The Kier molecular flexibility index (Phi) is 4.94. The minimum atomic E-state index is 0.561. The number of hydrogen-bond acceptors (Lipinski definition) is 3. The van der Waals surface area contributed by atoms with E-state index in [0.717, 1.165) is 24.7 Å². The third kappa shape index (κ3) is 3.72. The minimum absolute atomic E-state index is 0.561. The Morgan fingerprint density at radius 2 is 2.22 bits per heavy atom. The summed E-state index contributed by atoms with van der Waals surface area (Å²) >= 11 is 5.38. The number of fused-ring (bicyclic) bond motifs is 3. The van der Waals surface area contributed by atoms with Crippen LogP contribution in [0.1, 0.15) is 18.4 Å². The van der Waals surface area contributed by atoms with Gasteiger partial charge >= 0.3 is 0 Å². The molecule has 4 atom stereocenters. The highest BCUT2D eigenvalue weighted by Crippen LogP contribution is 2.36. The maximum absolute atomic E-state index is 8.81. The average molecular weight is 326 g/mol. The van der Waals surface area contributed by atoms with Crippen LogP contribution in [0.15, 0.2) is 36.9 Å². The molecule has 1 aromatic carbocycles. The highest BCUT2D eigenvalue weighted by Gasteiger charge is 2.38. The summed E-state index contributed by atoms with van der Waals surface area (Å²) in [5.74, 6) is 1.44. The number of nitrogens with one attached hydrogen (secondary N) is 2. The molecular formula is C18H22N4S. The first-order valence-corrected chi connectivity index (χ1v) is 8.52. The number of nitriles is 1. The third-order valence-corrected chi connectivity index (χ3v) is 5.25. The average Bonchev–Trinajstić information content (AvgIpc) is 2.61. The monoisotopic (exact) mass is 326 g/mol. The van der Waals surface area contributed by atoms with E-state index in [2.05, 4.69) is 34.3 Å². The summed E-state index contributed by atoms with van der Waals surface area (Å²) in [6.45, 7) is 7.17. The van der Waals surface area contributed by atoms with E-state index >= 15 is 0 Å². The number of hydrogen-bond donors (Lipinski definition) is 2. The number of rotatable bonds is 4. The molecule has 0 aromatic heterocycles. The van der Waals surface area contributed by atoms with Crippen LogP contribution in [0.2, 0.25) is 0 Å². The van der Waals surface area contributed by atoms with Gasteiger partial charge in [0.2, 0.25) is 0 Å². The Morgan fingerprint density at radius 1 is 1.43 bits per heavy atom. The molecule has 4 nitrogen and oxygen atoms in total. The van der Waals surface area contributed by atoms with Crippen LogP contribution in [-0.2, 0) is 0 Å². The van der Waals surface area contributed by atoms with Crippen molar-refractivity contribution < 1.29 is 0 Å². The zero-order chi connectivity index (χ0) is 16.2. The van der Waals surface area contributed by atoms with Crippen LogP contribution in [0, 0.1) is 23.2 Å². The van der Waals surface area contributed by atoms with Crippen molar-refractivity contribution in [2.45, 2.75) is 18.9 Å². The van der Waals surface area contributed by atoms with Crippen molar-refractivity contribution in [1.82, 2.24) is 10.2 Å². The lowest BCUT2D eigenvalue weighted by molar-refractivity contribution is 0.0215. The molecule has 3 saturated heterocycles. The van der Waals surface area contributed by atoms with E-state index in [1.807, 2.05) is 12.1 Å². The molecule has 0 aliphatic carbocycles. The molecule has 1 aromatic rings. The normalized spacial score (nSPS) is 28.7. The van der Waals surface area contributed by atoms with E-state index in [-0.39, 0.29) is 0 Å². The van der Waals surface area contributed by atoms with Crippen LogP contribution in [0.5, 0.6) is 0 Å². The van der Waals surface area contributed by atoms with Crippen molar-refractivity contribution in [3.8, 4) is 6.07 Å². The van der Waals surface area contributed by atoms with Gasteiger partial charge in [0.15, 0.2) is 5.11 Å². The van der Waals surface area contributed by atoms with Crippen molar-refractivity contribution in [2.75, 3.05) is 25.0 Å². The first kappa shape index (κ1) is 16.0. The molecule has 5 heteroatoms. The highest BCUT2D eigenvalue weighted by atomic mass is 32.1. The van der Waals surface area contributed by atoms with Gasteiger partial charge < -0.3 is 10.6 Å². The van der Waals surface area contributed by atoms with Gasteiger partial charge in [0, 0.05) is 24.8 Å². The van der Waals surface area contributed by atoms with E-state index in [4.69, 9.17) is 17.5 Å². The topological polar surface area (TPSA) is 51.1 Å². The summed E-state index contributed by atoms with van der Waals surface area (Å²) in [6, 6.07) is 9.98. The largest absolute Gasteiger partial charge is 0.361 e. The van der Waals surface area contributed by atoms with Gasteiger partial charge in [0.25, 0.3) is 0 Å². The SMILES string of the molecule is C=C[C@H]1CN2CC[C@H]1C[C@@H]2CNC(=S)Nc1ccc(C#N)cc1. The van der Waals surface area contributed by atoms with Gasteiger partial charge in [-0.05, 0) is 67.7 Å². The molecule has 120 valence electrons. The lowest BCUT2D eigenvalue weighted by Gasteiger charge is -2.49. The van der Waals surface area contributed by atoms with Crippen molar-refractivity contribution >= 4 is 23.0 Å². The predicted octanol–water partition coefficient (Wildman–Crippen LogP) is 2.74. The minimum Gasteiger partial charge on any atom is -0.361 e. The quantitative estimate of drug-likeness (QED) is 0.658. The van der Waals surface area contributed by atoms with E-state index < -0.39 is 0 Å². The zero-order valence-corrected chi connectivity index (χ0v) is 14.0. The number of benzene rings is 1. The van der Waals surface area contributed by atoms with Crippen LogP contribution < -0.4 is 10.6 Å². The second-order valence-corrected chi connectivity index (χ2v) is 6.77. The zero-order valence-electron chi connectivity index (χ0n) is 13.2. The van der Waals surface area contributed by atoms with Gasteiger partial charge in [-0.2, -0.15) is 5.26 Å². The number of thiocarbonyl (C=S) groups is 1. The maximum Gasteiger partial charge on any atom is 0.170 e. The summed E-state index contributed by atoms with van der Waals surface area (Å²) in [5, 5.41) is 16.0. The molecule has 3 fully saturated rings. The first-order chi connectivity index (χ1) is 11.2. The Hall–Kier alpha value is -1.90. The summed E-state index contributed by atoms with van der Waals surface area (Å²) in [5.41, 5.74) is 1.55. The first-order valence-electron chi connectivity index (χ1n) is 8.11. The van der Waals surface area contributed by atoms with Crippen molar-refractivity contribution in [1.29, 1.82) is 5.26 Å². The molecule has 1 unspecified atom stereocenters. The molecule has 0 spiro atoms. The van der Waals surface area contributed by atoms with Crippen LogP contribution in [0.3, 0.4) is 0 Å². The Balaban J connectivity index is 1.48. The molecule has 0 amide bonds. The van der Waals surface area contributed by atoms with Crippen LogP contribution in [0.25, 0.3) is 0 Å². The maximum atomic E-state index is 8.81. The van der Waals surface area contributed by atoms with E-state index in [1.54, 1.807) is 12.1 Å². The van der Waals surface area contributed by atoms with E-state index in [1.165, 1.54) is 19.4 Å². The van der Waals surface area contributed by atoms with Gasteiger partial charge in [-0.1, -0.05) is 6.08 Å². The van der Waals surface area contributed by atoms with Gasteiger partial charge in [-0.25, -0.2) is 0 Å². The molecule has 23 heavy (non-hydrogen) atoms. The Morgan fingerprint density at radius 3 is 2.83 bits per heavy atom. The third-order valence-electron chi connectivity index (χ3n) is 5.00.